The molecule has 3 aromatic carbocycles. The molecule has 6 rings (SSSR count). The molecule has 0 radical (unpaired) electrons. The second kappa shape index (κ2) is 8.00. The van der Waals surface area contributed by atoms with Gasteiger partial charge in [0.1, 0.15) is 11.9 Å². The molecule has 7 nitrogen and oxygen atoms in total. The van der Waals surface area contributed by atoms with Crippen molar-refractivity contribution in [2.75, 3.05) is 4.90 Å². The number of nitrogens with one attached hydrogen (secondary N) is 1. The molecule has 1 amide bonds. The molecule has 180 valence electrons. The fraction of sp³-hybridized carbons (Fsp3) is 0.103. The fourth-order valence-electron chi connectivity index (χ4n) is 5.20. The normalized spacial score (nSPS) is 12.8. The van der Waals surface area contributed by atoms with E-state index in [1.54, 1.807) is 30.0 Å². The predicted molar refractivity (Wildman–Crippen MR) is 137 cm³/mol. The minimum Gasteiger partial charge on any atom is -0.478 e. The van der Waals surface area contributed by atoms with Gasteiger partial charge < -0.3 is 15.0 Å². The molecule has 2 aromatic heterocycles. The number of anilines is 1. The van der Waals surface area contributed by atoms with Crippen LogP contribution in [-0.4, -0.2) is 27.0 Å². The molecule has 2 N–H and O–H groups in total. The number of pyridine rings is 1. The number of aromatic amines is 1. The monoisotopic (exact) mass is 490 g/mol. The summed E-state index contributed by atoms with van der Waals surface area (Å²) in [5, 5.41) is 20.7. The first kappa shape index (κ1) is 22.4. The van der Waals surface area contributed by atoms with Crippen molar-refractivity contribution in [1.29, 1.82) is 5.26 Å². The quantitative estimate of drug-likeness (QED) is 0.329. The van der Waals surface area contributed by atoms with Gasteiger partial charge in [-0.05, 0) is 55.3 Å². The number of aromatic nitrogens is 2. The molecule has 0 atom stereocenters. The van der Waals surface area contributed by atoms with Crippen LogP contribution in [0, 0.1) is 31.0 Å². The minimum atomic E-state index is -1.05. The fourth-order valence-corrected chi connectivity index (χ4v) is 5.20. The number of fused-ring (bicyclic) bond motifs is 4. The van der Waals surface area contributed by atoms with E-state index >= 15 is 0 Å². The zero-order chi connectivity index (χ0) is 26.0. The highest BCUT2D eigenvalue weighted by molar-refractivity contribution is 6.16. The van der Waals surface area contributed by atoms with Gasteiger partial charge in [0.2, 0.25) is 0 Å². The van der Waals surface area contributed by atoms with Gasteiger partial charge in [0.05, 0.1) is 34.6 Å². The summed E-state index contributed by atoms with van der Waals surface area (Å²) < 4.78 is 13.8. The smallest absolute Gasteiger partial charge is 0.335 e. The molecular weight excluding hydrogens is 471 g/mol. The van der Waals surface area contributed by atoms with Gasteiger partial charge >= 0.3 is 5.97 Å². The molecule has 5 aromatic rings. The number of carboxylic acids is 1. The van der Waals surface area contributed by atoms with Crippen LogP contribution in [0.2, 0.25) is 0 Å². The summed E-state index contributed by atoms with van der Waals surface area (Å²) in [6.45, 7) is 3.99. The highest BCUT2D eigenvalue weighted by Gasteiger charge is 2.30. The van der Waals surface area contributed by atoms with Crippen molar-refractivity contribution < 1.29 is 19.1 Å². The SMILES string of the molecule is Cc1nc(-c2cccc(N3Cc4ccc(F)cc4C3=O)c2C)c2c([nH]c3cc(C(=O)O)ccc32)c1C#N. The van der Waals surface area contributed by atoms with Gasteiger partial charge in [0.15, 0.2) is 0 Å². The van der Waals surface area contributed by atoms with Crippen molar-refractivity contribution in [1.82, 2.24) is 9.97 Å². The maximum atomic E-state index is 13.8. The lowest BCUT2D eigenvalue weighted by Gasteiger charge is -2.21. The third-order valence-corrected chi connectivity index (χ3v) is 7.01. The molecule has 0 unspecified atom stereocenters. The van der Waals surface area contributed by atoms with Crippen molar-refractivity contribution in [2.24, 2.45) is 0 Å². The average Bonchev–Trinajstić information content (AvgIpc) is 3.41. The molecule has 37 heavy (non-hydrogen) atoms. The molecule has 3 heterocycles. The third-order valence-electron chi connectivity index (χ3n) is 7.01. The highest BCUT2D eigenvalue weighted by atomic mass is 19.1. The molecule has 0 bridgehead atoms. The van der Waals surface area contributed by atoms with Gasteiger partial charge in [0, 0.05) is 33.1 Å². The van der Waals surface area contributed by atoms with E-state index in [1.165, 1.54) is 18.2 Å². The van der Waals surface area contributed by atoms with Crippen molar-refractivity contribution in [3.05, 3.63) is 93.9 Å². The Labute approximate surface area is 210 Å². The van der Waals surface area contributed by atoms with Crippen LogP contribution in [0.25, 0.3) is 33.1 Å². The second-order valence-corrected chi connectivity index (χ2v) is 9.12. The molecular formula is C29H19FN4O3. The summed E-state index contributed by atoms with van der Waals surface area (Å²) in [4.78, 5) is 34.4. The van der Waals surface area contributed by atoms with Crippen LogP contribution in [0.15, 0.2) is 54.6 Å². The van der Waals surface area contributed by atoms with Crippen LogP contribution in [-0.2, 0) is 6.54 Å². The van der Waals surface area contributed by atoms with Crippen LogP contribution >= 0.6 is 0 Å². The highest BCUT2D eigenvalue weighted by Crippen LogP contribution is 2.40. The minimum absolute atomic E-state index is 0.130. The Bertz CT molecular complexity index is 1870. The Morgan fingerprint density at radius 3 is 2.70 bits per heavy atom. The third kappa shape index (κ3) is 3.28. The summed E-state index contributed by atoms with van der Waals surface area (Å²) in [7, 11) is 0. The summed E-state index contributed by atoms with van der Waals surface area (Å²) in [5.41, 5.74) is 6.19. The van der Waals surface area contributed by atoms with E-state index in [0.29, 0.717) is 51.2 Å². The Balaban J connectivity index is 1.58. The number of hydrogen-bond acceptors (Lipinski definition) is 4. The van der Waals surface area contributed by atoms with Crippen molar-refractivity contribution in [3.8, 4) is 17.3 Å². The number of benzene rings is 3. The van der Waals surface area contributed by atoms with Crippen molar-refractivity contribution in [3.63, 3.8) is 0 Å². The lowest BCUT2D eigenvalue weighted by atomic mass is 9.97. The Morgan fingerprint density at radius 2 is 1.95 bits per heavy atom. The number of aromatic carboxylic acids is 1. The lowest BCUT2D eigenvalue weighted by Crippen LogP contribution is -2.24. The topological polar surface area (TPSA) is 110 Å². The first-order valence-electron chi connectivity index (χ1n) is 11.6. The van der Waals surface area contributed by atoms with E-state index in [0.717, 1.165) is 22.1 Å². The number of carbonyl (C=O) groups is 2. The zero-order valence-corrected chi connectivity index (χ0v) is 19.9. The van der Waals surface area contributed by atoms with E-state index in [4.69, 9.17) is 4.98 Å². The summed E-state index contributed by atoms with van der Waals surface area (Å²) in [6.07, 6.45) is 0. The van der Waals surface area contributed by atoms with Gasteiger partial charge in [-0.2, -0.15) is 5.26 Å². The van der Waals surface area contributed by atoms with Crippen LogP contribution in [0.3, 0.4) is 0 Å². The number of carbonyl (C=O) groups excluding carboxylic acids is 1. The lowest BCUT2D eigenvalue weighted by molar-refractivity contribution is 0.0696. The molecule has 0 aliphatic carbocycles. The number of halogens is 1. The van der Waals surface area contributed by atoms with Crippen molar-refractivity contribution in [2.45, 2.75) is 20.4 Å². The van der Waals surface area contributed by atoms with Crippen LogP contribution in [0.1, 0.15) is 43.1 Å². The Hall–Kier alpha value is -5.03. The largest absolute Gasteiger partial charge is 0.478 e. The van der Waals surface area contributed by atoms with E-state index in [1.807, 2.05) is 25.1 Å². The Kier molecular flexibility index (Phi) is 4.85. The van der Waals surface area contributed by atoms with Gasteiger partial charge in [-0.15, -0.1) is 0 Å². The molecule has 0 saturated carbocycles. The number of rotatable bonds is 3. The maximum Gasteiger partial charge on any atom is 0.335 e. The van der Waals surface area contributed by atoms with Crippen LogP contribution in [0.4, 0.5) is 10.1 Å². The number of H-pyrrole nitrogens is 1. The summed E-state index contributed by atoms with van der Waals surface area (Å²) in [5.74, 6) is -1.77. The number of hydrogen-bond donors (Lipinski definition) is 2. The van der Waals surface area contributed by atoms with E-state index in [9.17, 15) is 24.3 Å². The number of carboxylic acid groups (broad SMARTS) is 1. The molecule has 0 spiro atoms. The number of aryl methyl sites for hydroxylation is 1. The number of nitriles is 1. The van der Waals surface area contributed by atoms with Crippen LogP contribution in [0.5, 0.6) is 0 Å². The molecule has 0 saturated heterocycles. The van der Waals surface area contributed by atoms with E-state index < -0.39 is 11.8 Å². The van der Waals surface area contributed by atoms with Crippen LogP contribution < -0.4 is 4.90 Å². The standard InChI is InChI=1S/C29H19FN4O3/c1-14-19(4-3-5-24(14)34-13-17-6-8-18(30)11-21(17)28(34)35)26-25-20-9-7-16(29(36)37)10-23(20)33-27(25)22(12-31)15(2)32-26/h3-11,33H,13H2,1-2H3,(H,36,37). The molecule has 1 aliphatic rings. The van der Waals surface area contributed by atoms with E-state index in [2.05, 4.69) is 11.1 Å². The van der Waals surface area contributed by atoms with Crippen molar-refractivity contribution >= 4 is 39.4 Å². The van der Waals surface area contributed by atoms with Gasteiger partial charge in [-0.1, -0.05) is 24.3 Å². The maximum absolute atomic E-state index is 13.8. The molecule has 1 aliphatic heterocycles. The zero-order valence-electron chi connectivity index (χ0n) is 19.9. The predicted octanol–water partition coefficient (Wildman–Crippen LogP) is 5.87. The van der Waals surface area contributed by atoms with E-state index in [-0.39, 0.29) is 11.5 Å². The first-order chi connectivity index (χ1) is 17.8. The molecule has 8 heteroatoms. The van der Waals surface area contributed by atoms with Gasteiger partial charge in [0.25, 0.3) is 5.91 Å². The summed E-state index contributed by atoms with van der Waals surface area (Å²) >= 11 is 0. The average molecular weight is 490 g/mol. The van der Waals surface area contributed by atoms with Gasteiger partial charge in [-0.3, -0.25) is 9.78 Å². The molecule has 0 fully saturated rings. The first-order valence-corrected chi connectivity index (χ1v) is 11.6. The van der Waals surface area contributed by atoms with Gasteiger partial charge in [-0.25, -0.2) is 9.18 Å². The summed E-state index contributed by atoms with van der Waals surface area (Å²) in [6, 6.07) is 16.8. The second-order valence-electron chi connectivity index (χ2n) is 9.12. The number of nitrogens with zero attached hydrogens (tertiary/aromatic N) is 3. The number of amides is 1. The Morgan fingerprint density at radius 1 is 1.14 bits per heavy atom.